The molecule has 0 radical (unpaired) electrons. The number of nitrogens with zero attached hydrogens (tertiary/aromatic N) is 3. The number of hydrogen-bond donors (Lipinski definition) is 0. The second kappa shape index (κ2) is 6.70. The summed E-state index contributed by atoms with van der Waals surface area (Å²) in [5.41, 5.74) is 1.80. The second-order valence-corrected chi connectivity index (χ2v) is 6.62. The summed E-state index contributed by atoms with van der Waals surface area (Å²) in [5, 5.41) is 0. The highest BCUT2D eigenvalue weighted by Gasteiger charge is 2.43. The number of carbonyl (C=O) groups is 2. The molecule has 2 amide bonds. The zero-order valence-corrected chi connectivity index (χ0v) is 14.6. The predicted molar refractivity (Wildman–Crippen MR) is 91.9 cm³/mol. The van der Waals surface area contributed by atoms with Crippen molar-refractivity contribution < 1.29 is 14.0 Å². The van der Waals surface area contributed by atoms with Gasteiger partial charge in [-0.2, -0.15) is 0 Å². The number of rotatable bonds is 4. The van der Waals surface area contributed by atoms with E-state index in [0.717, 1.165) is 11.3 Å². The normalized spacial score (nSPS) is 20.2. The molecule has 0 spiro atoms. The standard InChI is InChI=1S/C19H22FN3O2/c1-21-10-4-5-15(21)12-22(2)19(25)16-11-17(24)23(3)18(16)13-6-8-14(20)9-7-13/h4-10,16,18H,11-12H2,1-3H3/t16-,18-/m1/s1. The van der Waals surface area contributed by atoms with Crippen LogP contribution < -0.4 is 0 Å². The monoisotopic (exact) mass is 343 g/mol. The van der Waals surface area contributed by atoms with E-state index in [9.17, 15) is 14.0 Å². The van der Waals surface area contributed by atoms with Crippen LogP contribution in [0.3, 0.4) is 0 Å². The van der Waals surface area contributed by atoms with Crippen molar-refractivity contribution in [1.29, 1.82) is 0 Å². The summed E-state index contributed by atoms with van der Waals surface area (Å²) in [6, 6.07) is 9.55. The van der Waals surface area contributed by atoms with E-state index >= 15 is 0 Å². The fourth-order valence-electron chi connectivity index (χ4n) is 3.47. The maximum absolute atomic E-state index is 13.2. The van der Waals surface area contributed by atoms with Crippen molar-refractivity contribution in [3.05, 3.63) is 59.7 Å². The summed E-state index contributed by atoms with van der Waals surface area (Å²) in [6.07, 6.45) is 2.11. The van der Waals surface area contributed by atoms with Crippen LogP contribution in [0.25, 0.3) is 0 Å². The third-order valence-electron chi connectivity index (χ3n) is 4.94. The molecule has 1 aromatic heterocycles. The largest absolute Gasteiger partial charge is 0.353 e. The lowest BCUT2D eigenvalue weighted by Gasteiger charge is -2.28. The van der Waals surface area contributed by atoms with Gasteiger partial charge in [0.1, 0.15) is 5.82 Å². The van der Waals surface area contributed by atoms with Crippen LogP contribution in [-0.2, 0) is 23.2 Å². The molecule has 0 bridgehead atoms. The van der Waals surface area contributed by atoms with Crippen LogP contribution in [0.5, 0.6) is 0 Å². The number of carbonyl (C=O) groups excluding carboxylic acids is 2. The Morgan fingerprint density at radius 3 is 2.52 bits per heavy atom. The third kappa shape index (κ3) is 3.29. The van der Waals surface area contributed by atoms with E-state index in [1.54, 1.807) is 36.0 Å². The highest BCUT2D eigenvalue weighted by Crippen LogP contribution is 2.38. The molecule has 0 aliphatic carbocycles. The lowest BCUT2D eigenvalue weighted by atomic mass is 9.92. The minimum Gasteiger partial charge on any atom is -0.353 e. The van der Waals surface area contributed by atoms with E-state index in [4.69, 9.17) is 0 Å². The minimum absolute atomic E-state index is 0.0695. The van der Waals surface area contributed by atoms with Gasteiger partial charge < -0.3 is 14.4 Å². The number of benzene rings is 1. The average Bonchev–Trinajstić information content (AvgIpc) is 3.12. The lowest BCUT2D eigenvalue weighted by molar-refractivity contribution is -0.135. The average molecular weight is 343 g/mol. The van der Waals surface area contributed by atoms with Crippen LogP contribution in [0.2, 0.25) is 0 Å². The second-order valence-electron chi connectivity index (χ2n) is 6.62. The Bertz CT molecular complexity index is 784. The van der Waals surface area contributed by atoms with E-state index in [-0.39, 0.29) is 30.1 Å². The van der Waals surface area contributed by atoms with Crippen molar-refractivity contribution in [2.24, 2.45) is 13.0 Å². The number of amides is 2. The molecule has 1 aromatic carbocycles. The van der Waals surface area contributed by atoms with Gasteiger partial charge in [0.25, 0.3) is 0 Å². The SMILES string of the molecule is CN(Cc1cccn1C)C(=O)[C@@H]1CC(=O)N(C)[C@@H]1c1ccc(F)cc1. The molecule has 132 valence electrons. The summed E-state index contributed by atoms with van der Waals surface area (Å²) in [7, 11) is 5.38. The molecule has 25 heavy (non-hydrogen) atoms. The Hall–Kier alpha value is -2.63. The molecule has 2 aromatic rings. The summed E-state index contributed by atoms with van der Waals surface area (Å²) in [4.78, 5) is 28.4. The van der Waals surface area contributed by atoms with Crippen LogP contribution >= 0.6 is 0 Å². The van der Waals surface area contributed by atoms with Crippen LogP contribution in [0, 0.1) is 11.7 Å². The van der Waals surface area contributed by atoms with E-state index in [2.05, 4.69) is 0 Å². The quantitative estimate of drug-likeness (QED) is 0.855. The number of hydrogen-bond acceptors (Lipinski definition) is 2. The first-order valence-corrected chi connectivity index (χ1v) is 8.25. The van der Waals surface area contributed by atoms with Crippen molar-refractivity contribution in [3.63, 3.8) is 0 Å². The predicted octanol–water partition coefficient (Wildman–Crippen LogP) is 2.34. The number of likely N-dealkylation sites (tertiary alicyclic amines) is 1. The molecule has 2 atom stereocenters. The fourth-order valence-corrected chi connectivity index (χ4v) is 3.47. The van der Waals surface area contributed by atoms with Gasteiger partial charge in [-0.25, -0.2) is 4.39 Å². The molecule has 1 saturated heterocycles. The lowest BCUT2D eigenvalue weighted by Crippen LogP contribution is -2.36. The van der Waals surface area contributed by atoms with E-state index < -0.39 is 5.92 Å². The van der Waals surface area contributed by atoms with Gasteiger partial charge in [-0.3, -0.25) is 9.59 Å². The van der Waals surface area contributed by atoms with Gasteiger partial charge >= 0.3 is 0 Å². The Morgan fingerprint density at radius 2 is 1.92 bits per heavy atom. The van der Waals surface area contributed by atoms with Gasteiger partial charge in [-0.1, -0.05) is 12.1 Å². The number of aryl methyl sites for hydroxylation is 1. The molecule has 3 rings (SSSR count). The highest BCUT2D eigenvalue weighted by atomic mass is 19.1. The maximum atomic E-state index is 13.2. The van der Waals surface area contributed by atoms with Gasteiger partial charge in [0.05, 0.1) is 18.5 Å². The van der Waals surface area contributed by atoms with Gasteiger partial charge in [0.15, 0.2) is 0 Å². The van der Waals surface area contributed by atoms with Crippen LogP contribution in [0.1, 0.15) is 23.7 Å². The molecule has 1 aliphatic heterocycles. The van der Waals surface area contributed by atoms with E-state index in [0.29, 0.717) is 6.54 Å². The van der Waals surface area contributed by atoms with E-state index in [1.807, 2.05) is 29.9 Å². The Morgan fingerprint density at radius 1 is 1.24 bits per heavy atom. The first-order valence-electron chi connectivity index (χ1n) is 8.25. The number of halogens is 1. The van der Waals surface area contributed by atoms with Crippen LogP contribution in [0.15, 0.2) is 42.6 Å². The third-order valence-corrected chi connectivity index (χ3v) is 4.94. The molecule has 0 unspecified atom stereocenters. The van der Waals surface area contributed by atoms with Gasteiger partial charge in [0.2, 0.25) is 11.8 Å². The van der Waals surface area contributed by atoms with Crippen molar-refractivity contribution in [2.45, 2.75) is 19.0 Å². The first kappa shape index (κ1) is 17.2. The van der Waals surface area contributed by atoms with Crippen molar-refractivity contribution in [3.8, 4) is 0 Å². The Labute approximate surface area is 146 Å². The van der Waals surface area contributed by atoms with Gasteiger partial charge in [0, 0.05) is 39.5 Å². The molecule has 0 N–H and O–H groups in total. The molecule has 2 heterocycles. The molecule has 5 nitrogen and oxygen atoms in total. The summed E-state index contributed by atoms with van der Waals surface area (Å²) in [5.74, 6) is -0.944. The summed E-state index contributed by atoms with van der Waals surface area (Å²) >= 11 is 0. The molecule has 1 aliphatic rings. The van der Waals surface area contributed by atoms with Gasteiger partial charge in [-0.05, 0) is 29.8 Å². The smallest absolute Gasteiger partial charge is 0.228 e. The molecular weight excluding hydrogens is 321 g/mol. The summed E-state index contributed by atoms with van der Waals surface area (Å²) < 4.78 is 15.2. The Balaban J connectivity index is 1.83. The zero-order valence-electron chi connectivity index (χ0n) is 14.6. The van der Waals surface area contributed by atoms with Crippen LogP contribution in [0.4, 0.5) is 4.39 Å². The van der Waals surface area contributed by atoms with Gasteiger partial charge in [-0.15, -0.1) is 0 Å². The van der Waals surface area contributed by atoms with E-state index in [1.165, 1.54) is 12.1 Å². The molecular formula is C19H22FN3O2. The molecule has 6 heteroatoms. The number of aromatic nitrogens is 1. The van der Waals surface area contributed by atoms with Crippen molar-refractivity contribution >= 4 is 11.8 Å². The Kier molecular flexibility index (Phi) is 4.61. The highest BCUT2D eigenvalue weighted by molar-refractivity contribution is 5.90. The maximum Gasteiger partial charge on any atom is 0.228 e. The van der Waals surface area contributed by atoms with Crippen molar-refractivity contribution in [1.82, 2.24) is 14.4 Å². The van der Waals surface area contributed by atoms with Crippen molar-refractivity contribution in [2.75, 3.05) is 14.1 Å². The minimum atomic E-state index is -0.465. The zero-order chi connectivity index (χ0) is 18.1. The fraction of sp³-hybridized carbons (Fsp3) is 0.368. The molecule has 1 fully saturated rings. The summed E-state index contributed by atoms with van der Waals surface area (Å²) in [6.45, 7) is 0.479. The first-order chi connectivity index (χ1) is 11.9. The van der Waals surface area contributed by atoms with Crippen LogP contribution in [-0.4, -0.2) is 40.3 Å². The molecule has 0 saturated carbocycles. The topological polar surface area (TPSA) is 45.6 Å².